The van der Waals surface area contributed by atoms with E-state index in [0.717, 1.165) is 5.56 Å². The number of likely N-dealkylation sites (N-methyl/N-ethyl adjacent to an activating group) is 1. The number of halogens is 1. The van der Waals surface area contributed by atoms with Gasteiger partial charge in [-0.2, -0.15) is 0 Å². The maximum absolute atomic E-state index is 13.0. The molecular formula is C24H32FN3O4. The minimum Gasteiger partial charge on any atom is -0.490 e. The van der Waals surface area contributed by atoms with Crippen molar-refractivity contribution < 1.29 is 23.5 Å². The average molecular weight is 446 g/mol. The highest BCUT2D eigenvalue weighted by molar-refractivity contribution is 5.93. The molecule has 2 aromatic carbocycles. The Balaban J connectivity index is 1.83. The first-order chi connectivity index (χ1) is 15.3. The number of rotatable bonds is 12. The Labute approximate surface area is 188 Å². The molecule has 0 fully saturated rings. The molecule has 0 saturated carbocycles. The largest absolute Gasteiger partial charge is 0.490 e. The average Bonchev–Trinajstić information content (AvgIpc) is 2.76. The lowest BCUT2D eigenvalue weighted by molar-refractivity contribution is -0.126. The topological polar surface area (TPSA) is 79.9 Å². The first-order valence-electron chi connectivity index (χ1n) is 10.8. The van der Waals surface area contributed by atoms with Gasteiger partial charge in [-0.1, -0.05) is 12.1 Å². The molecule has 0 heterocycles. The third kappa shape index (κ3) is 7.85. The lowest BCUT2D eigenvalue weighted by atomic mass is 10.1. The summed E-state index contributed by atoms with van der Waals surface area (Å²) in [6.45, 7) is 6.98. The van der Waals surface area contributed by atoms with E-state index < -0.39 is 6.04 Å². The molecule has 0 bridgehead atoms. The van der Waals surface area contributed by atoms with Gasteiger partial charge in [-0.15, -0.1) is 0 Å². The second kappa shape index (κ2) is 12.7. The Morgan fingerprint density at radius 3 is 2.34 bits per heavy atom. The molecular weight excluding hydrogens is 413 g/mol. The molecule has 1 atom stereocenters. The van der Waals surface area contributed by atoms with Gasteiger partial charge in [0.2, 0.25) is 11.8 Å². The number of ether oxygens (including phenoxy) is 2. The fourth-order valence-corrected chi connectivity index (χ4v) is 3.02. The van der Waals surface area contributed by atoms with Gasteiger partial charge in [0.1, 0.15) is 5.82 Å². The molecule has 2 aromatic rings. The Bertz CT molecular complexity index is 889. The molecule has 0 aliphatic carbocycles. The quantitative estimate of drug-likeness (QED) is 0.524. The zero-order valence-electron chi connectivity index (χ0n) is 19.1. The zero-order valence-corrected chi connectivity index (χ0v) is 19.1. The number of nitrogens with one attached hydrogen (secondary N) is 2. The van der Waals surface area contributed by atoms with Crippen LogP contribution in [0, 0.1) is 5.82 Å². The van der Waals surface area contributed by atoms with Crippen LogP contribution in [0.3, 0.4) is 0 Å². The number of hydrogen-bond acceptors (Lipinski definition) is 5. The van der Waals surface area contributed by atoms with E-state index in [1.165, 1.54) is 12.1 Å². The normalized spacial score (nSPS) is 11.7. The van der Waals surface area contributed by atoms with E-state index in [1.54, 1.807) is 49.2 Å². The highest BCUT2D eigenvalue weighted by atomic mass is 19.1. The van der Waals surface area contributed by atoms with Gasteiger partial charge in [-0.05, 0) is 64.1 Å². The zero-order chi connectivity index (χ0) is 23.5. The number of carbonyl (C=O) groups is 2. The van der Waals surface area contributed by atoms with Gasteiger partial charge >= 0.3 is 0 Å². The molecule has 0 spiro atoms. The van der Waals surface area contributed by atoms with Gasteiger partial charge in [0.25, 0.3) is 0 Å². The van der Waals surface area contributed by atoms with Crippen molar-refractivity contribution in [1.82, 2.24) is 10.2 Å². The first kappa shape index (κ1) is 25.1. The summed E-state index contributed by atoms with van der Waals surface area (Å²) in [5.74, 6) is 0.475. The van der Waals surface area contributed by atoms with Crippen LogP contribution in [0.4, 0.5) is 10.1 Å². The van der Waals surface area contributed by atoms with Crippen LogP contribution >= 0.6 is 0 Å². The Hall–Kier alpha value is -3.13. The van der Waals surface area contributed by atoms with Crippen molar-refractivity contribution in [2.45, 2.75) is 33.2 Å². The van der Waals surface area contributed by atoms with Gasteiger partial charge in [0.15, 0.2) is 11.5 Å². The number of carbonyl (C=O) groups excluding carboxylic acids is 2. The third-order valence-electron chi connectivity index (χ3n) is 4.89. The molecule has 0 aliphatic heterocycles. The van der Waals surface area contributed by atoms with Crippen molar-refractivity contribution >= 4 is 17.5 Å². The standard InChI is InChI=1S/C24H32FN3O4/c1-5-31-21-12-11-20(15-22(21)32-6-2)27-23(29)16-28(4)17(3)24(30)26-14-13-18-7-9-19(25)10-8-18/h7-12,15,17H,5-6,13-14,16H2,1-4H3,(H,26,30)(H,27,29). The van der Waals surface area contributed by atoms with Crippen LogP contribution in [0.2, 0.25) is 0 Å². The third-order valence-corrected chi connectivity index (χ3v) is 4.89. The minimum absolute atomic E-state index is 0.0454. The fraction of sp³-hybridized carbons (Fsp3) is 0.417. The molecule has 2 amide bonds. The first-order valence-corrected chi connectivity index (χ1v) is 10.8. The maximum Gasteiger partial charge on any atom is 0.238 e. The molecule has 2 N–H and O–H groups in total. The molecule has 0 aromatic heterocycles. The maximum atomic E-state index is 13.0. The summed E-state index contributed by atoms with van der Waals surface area (Å²) >= 11 is 0. The Kier molecular flexibility index (Phi) is 9.94. The highest BCUT2D eigenvalue weighted by Crippen LogP contribution is 2.30. The van der Waals surface area contributed by atoms with Crippen LogP contribution in [-0.2, 0) is 16.0 Å². The molecule has 174 valence electrons. The summed E-state index contributed by atoms with van der Waals surface area (Å²) in [4.78, 5) is 26.5. The number of nitrogens with zero attached hydrogens (tertiary/aromatic N) is 1. The van der Waals surface area contributed by atoms with Gasteiger partial charge < -0.3 is 20.1 Å². The molecule has 0 radical (unpaired) electrons. The van der Waals surface area contributed by atoms with E-state index in [1.807, 2.05) is 13.8 Å². The van der Waals surface area contributed by atoms with Crippen molar-refractivity contribution in [3.63, 3.8) is 0 Å². The van der Waals surface area contributed by atoms with Crippen molar-refractivity contribution in [3.05, 3.63) is 53.8 Å². The molecule has 2 rings (SSSR count). The van der Waals surface area contributed by atoms with Crippen molar-refractivity contribution in [2.75, 3.05) is 38.7 Å². The summed E-state index contributed by atoms with van der Waals surface area (Å²) in [5.41, 5.74) is 1.53. The number of anilines is 1. The second-order valence-electron chi connectivity index (χ2n) is 7.33. The molecule has 0 saturated heterocycles. The summed E-state index contributed by atoms with van der Waals surface area (Å²) in [7, 11) is 1.72. The predicted molar refractivity (Wildman–Crippen MR) is 123 cm³/mol. The van der Waals surface area contributed by atoms with Crippen molar-refractivity contribution in [2.24, 2.45) is 0 Å². The van der Waals surface area contributed by atoms with Gasteiger partial charge in [0.05, 0.1) is 25.8 Å². The molecule has 8 heteroatoms. The molecule has 32 heavy (non-hydrogen) atoms. The van der Waals surface area contributed by atoms with E-state index in [-0.39, 0.29) is 24.2 Å². The predicted octanol–water partition coefficient (Wildman–Crippen LogP) is 3.24. The van der Waals surface area contributed by atoms with Crippen LogP contribution in [0.25, 0.3) is 0 Å². The van der Waals surface area contributed by atoms with E-state index in [0.29, 0.717) is 43.4 Å². The summed E-state index contributed by atoms with van der Waals surface area (Å²) in [6, 6.07) is 10.9. The lowest BCUT2D eigenvalue weighted by Gasteiger charge is -2.23. The van der Waals surface area contributed by atoms with Crippen LogP contribution in [-0.4, -0.2) is 56.1 Å². The van der Waals surface area contributed by atoms with E-state index in [4.69, 9.17) is 9.47 Å². The Morgan fingerprint density at radius 2 is 1.69 bits per heavy atom. The van der Waals surface area contributed by atoms with Gasteiger partial charge in [-0.25, -0.2) is 4.39 Å². The monoisotopic (exact) mass is 445 g/mol. The summed E-state index contributed by atoms with van der Waals surface area (Å²) in [6.07, 6.45) is 0.600. The fourth-order valence-electron chi connectivity index (χ4n) is 3.02. The lowest BCUT2D eigenvalue weighted by Crippen LogP contribution is -2.46. The van der Waals surface area contributed by atoms with Crippen molar-refractivity contribution in [3.8, 4) is 11.5 Å². The van der Waals surface area contributed by atoms with Gasteiger partial charge in [-0.3, -0.25) is 14.5 Å². The smallest absolute Gasteiger partial charge is 0.238 e. The van der Waals surface area contributed by atoms with E-state index in [9.17, 15) is 14.0 Å². The van der Waals surface area contributed by atoms with Crippen molar-refractivity contribution in [1.29, 1.82) is 0 Å². The molecule has 7 nitrogen and oxygen atoms in total. The van der Waals surface area contributed by atoms with Crippen LogP contribution < -0.4 is 20.1 Å². The molecule has 0 aliphatic rings. The van der Waals surface area contributed by atoms with Gasteiger partial charge in [0, 0.05) is 18.3 Å². The number of hydrogen-bond donors (Lipinski definition) is 2. The second-order valence-corrected chi connectivity index (χ2v) is 7.33. The SMILES string of the molecule is CCOc1ccc(NC(=O)CN(C)C(C)C(=O)NCCc2ccc(F)cc2)cc1OCC. The molecule has 1 unspecified atom stereocenters. The van der Waals surface area contributed by atoms with Crippen LogP contribution in [0.5, 0.6) is 11.5 Å². The Morgan fingerprint density at radius 1 is 1.03 bits per heavy atom. The minimum atomic E-state index is -0.492. The van der Waals surface area contributed by atoms with E-state index in [2.05, 4.69) is 10.6 Å². The van der Waals surface area contributed by atoms with Crippen LogP contribution in [0.1, 0.15) is 26.3 Å². The van der Waals surface area contributed by atoms with Crippen LogP contribution in [0.15, 0.2) is 42.5 Å². The van der Waals surface area contributed by atoms with E-state index >= 15 is 0 Å². The number of amides is 2. The summed E-state index contributed by atoms with van der Waals surface area (Å²) in [5, 5.41) is 5.68. The summed E-state index contributed by atoms with van der Waals surface area (Å²) < 4.78 is 24.1. The highest BCUT2D eigenvalue weighted by Gasteiger charge is 2.20. The number of benzene rings is 2.